The van der Waals surface area contributed by atoms with E-state index in [-0.39, 0.29) is 19.4 Å². The number of rotatable bonds is 2. The first-order valence-electron chi connectivity index (χ1n) is 4.26. The molecule has 0 heterocycles. The first-order chi connectivity index (χ1) is 6.50. The van der Waals surface area contributed by atoms with Crippen molar-refractivity contribution in [2.24, 2.45) is 0 Å². The van der Waals surface area contributed by atoms with E-state index in [1.807, 2.05) is 13.8 Å². The Labute approximate surface area is 101 Å². The fourth-order valence-corrected chi connectivity index (χ4v) is 1.28. The second kappa shape index (κ2) is 5.99. The van der Waals surface area contributed by atoms with Crippen LogP contribution in [0.1, 0.15) is 31.6 Å². The normalized spacial score (nSPS) is 9.67. The molecule has 1 rings (SSSR count). The molecule has 0 saturated heterocycles. The second-order valence-corrected chi connectivity index (χ2v) is 4.07. The van der Waals surface area contributed by atoms with Gasteiger partial charge in [0.15, 0.2) is 0 Å². The SMILES string of the molecule is C.CC(C)NC(=O)c1ccc(Cl)c(Cl)c1. The fraction of sp³-hybridized carbons (Fsp3) is 0.364. The van der Waals surface area contributed by atoms with E-state index in [9.17, 15) is 4.79 Å². The van der Waals surface area contributed by atoms with Crippen molar-refractivity contribution in [3.05, 3.63) is 33.8 Å². The third kappa shape index (κ3) is 4.10. The molecule has 0 bridgehead atoms. The molecule has 1 amide bonds. The van der Waals surface area contributed by atoms with Gasteiger partial charge in [-0.1, -0.05) is 30.6 Å². The van der Waals surface area contributed by atoms with Crippen LogP contribution in [0.25, 0.3) is 0 Å². The standard InChI is InChI=1S/C10H11Cl2NO.CH4/c1-6(2)13-10(14)7-3-4-8(11)9(12)5-7;/h3-6H,1-2H3,(H,13,14);1H4. The summed E-state index contributed by atoms with van der Waals surface area (Å²) in [5.74, 6) is -0.140. The van der Waals surface area contributed by atoms with Crippen molar-refractivity contribution in [3.63, 3.8) is 0 Å². The first kappa shape index (κ1) is 14.3. The van der Waals surface area contributed by atoms with Gasteiger partial charge < -0.3 is 5.32 Å². The van der Waals surface area contributed by atoms with E-state index in [1.165, 1.54) is 0 Å². The van der Waals surface area contributed by atoms with Crippen molar-refractivity contribution in [3.8, 4) is 0 Å². The minimum atomic E-state index is -0.140. The van der Waals surface area contributed by atoms with E-state index >= 15 is 0 Å². The lowest BCUT2D eigenvalue weighted by Gasteiger charge is -2.08. The van der Waals surface area contributed by atoms with Crippen molar-refractivity contribution in [1.82, 2.24) is 5.32 Å². The molecule has 84 valence electrons. The molecule has 0 radical (unpaired) electrons. The average Bonchev–Trinajstić information content (AvgIpc) is 2.08. The summed E-state index contributed by atoms with van der Waals surface area (Å²) < 4.78 is 0. The molecule has 0 fully saturated rings. The first-order valence-corrected chi connectivity index (χ1v) is 5.02. The molecule has 1 aromatic carbocycles. The van der Waals surface area contributed by atoms with E-state index in [0.717, 1.165) is 0 Å². The molecule has 0 atom stereocenters. The van der Waals surface area contributed by atoms with Gasteiger partial charge in [-0.2, -0.15) is 0 Å². The molecule has 0 spiro atoms. The molecule has 1 aromatic rings. The summed E-state index contributed by atoms with van der Waals surface area (Å²) in [5.41, 5.74) is 0.521. The van der Waals surface area contributed by atoms with Crippen molar-refractivity contribution in [2.45, 2.75) is 27.3 Å². The Morgan fingerprint density at radius 3 is 2.33 bits per heavy atom. The second-order valence-electron chi connectivity index (χ2n) is 3.26. The van der Waals surface area contributed by atoms with E-state index in [4.69, 9.17) is 23.2 Å². The lowest BCUT2D eigenvalue weighted by atomic mass is 10.2. The minimum Gasteiger partial charge on any atom is -0.350 e. The van der Waals surface area contributed by atoms with Gasteiger partial charge in [0.2, 0.25) is 0 Å². The summed E-state index contributed by atoms with van der Waals surface area (Å²) in [6.45, 7) is 3.80. The molecule has 4 heteroatoms. The fourth-order valence-electron chi connectivity index (χ4n) is 0.983. The largest absolute Gasteiger partial charge is 0.350 e. The smallest absolute Gasteiger partial charge is 0.251 e. The number of carbonyl (C=O) groups is 1. The molecule has 0 saturated carbocycles. The predicted octanol–water partition coefficient (Wildman–Crippen LogP) is 3.77. The molecule has 1 N–H and O–H groups in total. The topological polar surface area (TPSA) is 29.1 Å². The van der Waals surface area contributed by atoms with Crippen LogP contribution in [0.2, 0.25) is 10.0 Å². The Morgan fingerprint density at radius 2 is 1.87 bits per heavy atom. The van der Waals surface area contributed by atoms with Gasteiger partial charge in [-0.05, 0) is 32.0 Å². The summed E-state index contributed by atoms with van der Waals surface area (Å²) in [4.78, 5) is 11.5. The lowest BCUT2D eigenvalue weighted by Crippen LogP contribution is -2.29. The number of hydrogen-bond acceptors (Lipinski definition) is 1. The number of hydrogen-bond donors (Lipinski definition) is 1. The third-order valence-corrected chi connectivity index (χ3v) is 2.34. The molecule has 0 aliphatic heterocycles. The van der Waals surface area contributed by atoms with Crippen molar-refractivity contribution in [2.75, 3.05) is 0 Å². The minimum absolute atomic E-state index is 0. The maximum Gasteiger partial charge on any atom is 0.251 e. The highest BCUT2D eigenvalue weighted by atomic mass is 35.5. The third-order valence-electron chi connectivity index (χ3n) is 1.60. The van der Waals surface area contributed by atoms with Crippen LogP contribution in [0, 0.1) is 0 Å². The molecular weight excluding hydrogens is 233 g/mol. The van der Waals surface area contributed by atoms with Gasteiger partial charge in [-0.15, -0.1) is 0 Å². The molecular formula is C11H15Cl2NO. The molecule has 0 aliphatic carbocycles. The highest BCUT2D eigenvalue weighted by molar-refractivity contribution is 6.42. The molecule has 0 aromatic heterocycles. The van der Waals surface area contributed by atoms with Crippen LogP contribution in [-0.4, -0.2) is 11.9 Å². The van der Waals surface area contributed by atoms with Gasteiger partial charge in [-0.25, -0.2) is 0 Å². The molecule has 0 unspecified atom stereocenters. The summed E-state index contributed by atoms with van der Waals surface area (Å²) in [6.07, 6.45) is 0. The zero-order valence-corrected chi connectivity index (χ0v) is 9.49. The van der Waals surface area contributed by atoms with Gasteiger partial charge >= 0.3 is 0 Å². The van der Waals surface area contributed by atoms with Crippen LogP contribution < -0.4 is 5.32 Å². The van der Waals surface area contributed by atoms with Gasteiger partial charge in [0.1, 0.15) is 0 Å². The van der Waals surface area contributed by atoms with Crippen LogP contribution in [0.3, 0.4) is 0 Å². The van der Waals surface area contributed by atoms with E-state index in [2.05, 4.69) is 5.32 Å². The quantitative estimate of drug-likeness (QED) is 0.848. The van der Waals surface area contributed by atoms with Crippen LogP contribution in [0.5, 0.6) is 0 Å². The van der Waals surface area contributed by atoms with Crippen molar-refractivity contribution < 1.29 is 4.79 Å². The zero-order valence-electron chi connectivity index (χ0n) is 7.97. The van der Waals surface area contributed by atoms with E-state index < -0.39 is 0 Å². The summed E-state index contributed by atoms with van der Waals surface area (Å²) >= 11 is 11.5. The Balaban J connectivity index is 0.00000196. The highest BCUT2D eigenvalue weighted by Crippen LogP contribution is 2.22. The maximum atomic E-state index is 11.5. The Hall–Kier alpha value is -0.730. The van der Waals surface area contributed by atoms with Crippen molar-refractivity contribution in [1.29, 1.82) is 0 Å². The van der Waals surface area contributed by atoms with Crippen LogP contribution >= 0.6 is 23.2 Å². The molecule has 0 aliphatic rings. The van der Waals surface area contributed by atoms with Gasteiger partial charge in [0.25, 0.3) is 5.91 Å². The number of nitrogens with one attached hydrogen (secondary N) is 1. The lowest BCUT2D eigenvalue weighted by molar-refractivity contribution is 0.0943. The number of carbonyl (C=O) groups excluding carboxylic acids is 1. The highest BCUT2D eigenvalue weighted by Gasteiger charge is 2.08. The van der Waals surface area contributed by atoms with Crippen molar-refractivity contribution >= 4 is 29.1 Å². The average molecular weight is 248 g/mol. The summed E-state index contributed by atoms with van der Waals surface area (Å²) in [5, 5.41) is 3.61. The van der Waals surface area contributed by atoms with E-state index in [1.54, 1.807) is 18.2 Å². The van der Waals surface area contributed by atoms with Crippen LogP contribution in [-0.2, 0) is 0 Å². The summed E-state index contributed by atoms with van der Waals surface area (Å²) in [7, 11) is 0. The Bertz CT molecular complexity index is 350. The number of amides is 1. The Morgan fingerprint density at radius 1 is 1.27 bits per heavy atom. The summed E-state index contributed by atoms with van der Waals surface area (Å²) in [6, 6.07) is 4.92. The molecule has 2 nitrogen and oxygen atoms in total. The van der Waals surface area contributed by atoms with Gasteiger partial charge in [-0.3, -0.25) is 4.79 Å². The monoisotopic (exact) mass is 247 g/mol. The molecule has 15 heavy (non-hydrogen) atoms. The van der Waals surface area contributed by atoms with Gasteiger partial charge in [0.05, 0.1) is 10.0 Å². The Kier molecular flexibility index (Phi) is 5.69. The van der Waals surface area contributed by atoms with Gasteiger partial charge in [0, 0.05) is 11.6 Å². The van der Waals surface area contributed by atoms with Crippen LogP contribution in [0.4, 0.5) is 0 Å². The number of halogens is 2. The predicted molar refractivity (Wildman–Crippen MR) is 65.8 cm³/mol. The van der Waals surface area contributed by atoms with E-state index in [0.29, 0.717) is 15.6 Å². The maximum absolute atomic E-state index is 11.5. The zero-order chi connectivity index (χ0) is 10.7. The number of benzene rings is 1. The van der Waals surface area contributed by atoms with Crippen LogP contribution in [0.15, 0.2) is 18.2 Å².